The minimum atomic E-state index is -0.198. The monoisotopic (exact) mass is 403 g/mol. The number of aromatic nitrogens is 1. The number of rotatable bonds is 5. The number of hydrogen-bond acceptors (Lipinski definition) is 4. The van der Waals surface area contributed by atoms with E-state index in [2.05, 4.69) is 9.98 Å². The minimum Gasteiger partial charge on any atom is -0.494 e. The third-order valence-corrected chi connectivity index (χ3v) is 4.63. The van der Waals surface area contributed by atoms with E-state index in [0.29, 0.717) is 28.8 Å². The molecule has 0 saturated heterocycles. The van der Waals surface area contributed by atoms with Gasteiger partial charge in [0.1, 0.15) is 17.3 Å². The standard InChI is InChI=1S/C23H18ClN3O2/c1-2-29-20-9-7-19(8-10-20)27-22(17-3-5-18(24)6-4-17)26-21(23(27)28)15-16-11-13-25-14-12-16/h3-15H,2H2,1H3/b21-15+. The molecule has 0 N–H and O–H groups in total. The van der Waals surface area contributed by atoms with Crippen LogP contribution in [0.1, 0.15) is 18.1 Å². The lowest BCUT2D eigenvalue weighted by Crippen LogP contribution is -2.32. The summed E-state index contributed by atoms with van der Waals surface area (Å²) in [6.07, 6.45) is 5.12. The van der Waals surface area contributed by atoms with E-state index in [1.54, 1.807) is 35.5 Å². The maximum Gasteiger partial charge on any atom is 0.282 e. The summed E-state index contributed by atoms with van der Waals surface area (Å²) in [6.45, 7) is 2.51. The zero-order valence-corrected chi connectivity index (χ0v) is 16.5. The van der Waals surface area contributed by atoms with Crippen LogP contribution in [0.4, 0.5) is 5.69 Å². The summed E-state index contributed by atoms with van der Waals surface area (Å²) in [4.78, 5) is 23.5. The highest BCUT2D eigenvalue weighted by atomic mass is 35.5. The second-order valence-electron chi connectivity index (χ2n) is 6.32. The molecule has 29 heavy (non-hydrogen) atoms. The van der Waals surface area contributed by atoms with Gasteiger partial charge in [-0.15, -0.1) is 0 Å². The van der Waals surface area contributed by atoms with Crippen LogP contribution in [-0.2, 0) is 4.79 Å². The highest BCUT2D eigenvalue weighted by Gasteiger charge is 2.32. The van der Waals surface area contributed by atoms with Gasteiger partial charge >= 0.3 is 0 Å². The molecule has 0 bridgehead atoms. The number of anilines is 1. The molecular formula is C23H18ClN3O2. The summed E-state index contributed by atoms with van der Waals surface area (Å²) in [6, 6.07) is 18.3. The Hall–Kier alpha value is -3.44. The van der Waals surface area contributed by atoms with Crippen molar-refractivity contribution in [3.63, 3.8) is 0 Å². The smallest absolute Gasteiger partial charge is 0.282 e. The summed E-state index contributed by atoms with van der Waals surface area (Å²) in [5.74, 6) is 1.10. The van der Waals surface area contributed by atoms with Gasteiger partial charge in [-0.3, -0.25) is 14.7 Å². The van der Waals surface area contributed by atoms with Crippen LogP contribution < -0.4 is 9.64 Å². The number of halogens is 1. The Bertz CT molecular complexity index is 1080. The number of amides is 1. The number of ether oxygens (including phenoxy) is 1. The molecule has 0 spiro atoms. The molecule has 2 heterocycles. The van der Waals surface area contributed by atoms with Crippen molar-refractivity contribution in [2.24, 2.45) is 4.99 Å². The van der Waals surface area contributed by atoms with Crippen molar-refractivity contribution in [1.82, 2.24) is 4.98 Å². The third-order valence-electron chi connectivity index (χ3n) is 4.38. The Balaban J connectivity index is 1.77. The molecule has 144 valence electrons. The number of hydrogen-bond donors (Lipinski definition) is 0. The molecule has 1 amide bonds. The Kier molecular flexibility index (Phi) is 5.40. The first-order valence-electron chi connectivity index (χ1n) is 9.19. The molecule has 0 saturated carbocycles. The second kappa shape index (κ2) is 8.29. The maximum atomic E-state index is 13.2. The molecule has 1 aliphatic rings. The largest absolute Gasteiger partial charge is 0.494 e. The first kappa shape index (κ1) is 18.9. The van der Waals surface area contributed by atoms with Crippen LogP contribution in [0.3, 0.4) is 0 Å². The van der Waals surface area contributed by atoms with Crippen molar-refractivity contribution in [2.45, 2.75) is 6.92 Å². The van der Waals surface area contributed by atoms with E-state index < -0.39 is 0 Å². The lowest BCUT2D eigenvalue weighted by Gasteiger charge is -2.19. The van der Waals surface area contributed by atoms with Gasteiger partial charge in [-0.1, -0.05) is 11.6 Å². The molecule has 3 aromatic rings. The van der Waals surface area contributed by atoms with Crippen molar-refractivity contribution in [1.29, 1.82) is 0 Å². The van der Waals surface area contributed by atoms with Gasteiger partial charge in [0.05, 0.1) is 12.3 Å². The first-order chi connectivity index (χ1) is 14.2. The normalized spacial score (nSPS) is 15.0. The zero-order valence-electron chi connectivity index (χ0n) is 15.7. The molecule has 5 nitrogen and oxygen atoms in total. The number of pyridine rings is 1. The Morgan fingerprint density at radius 1 is 1.00 bits per heavy atom. The lowest BCUT2D eigenvalue weighted by molar-refractivity contribution is -0.113. The molecule has 1 aliphatic heterocycles. The van der Waals surface area contributed by atoms with Crippen molar-refractivity contribution < 1.29 is 9.53 Å². The zero-order chi connectivity index (χ0) is 20.2. The van der Waals surface area contributed by atoms with E-state index in [4.69, 9.17) is 16.3 Å². The Labute approximate surface area is 173 Å². The number of nitrogens with zero attached hydrogens (tertiary/aromatic N) is 3. The van der Waals surface area contributed by atoms with Gasteiger partial charge in [0.15, 0.2) is 0 Å². The molecule has 0 fully saturated rings. The van der Waals surface area contributed by atoms with E-state index in [9.17, 15) is 4.79 Å². The predicted octanol–water partition coefficient (Wildman–Crippen LogP) is 4.97. The molecule has 4 rings (SSSR count). The molecule has 0 aliphatic carbocycles. The van der Waals surface area contributed by atoms with E-state index in [0.717, 1.165) is 16.9 Å². The number of amidine groups is 1. The number of carbonyl (C=O) groups excluding carboxylic acids is 1. The van der Waals surface area contributed by atoms with Crippen LogP contribution in [-0.4, -0.2) is 23.3 Å². The van der Waals surface area contributed by atoms with Gasteiger partial charge in [-0.25, -0.2) is 4.99 Å². The molecule has 0 radical (unpaired) electrons. The number of aliphatic imine (C=N–C) groups is 1. The average Bonchev–Trinajstić information content (AvgIpc) is 3.06. The van der Waals surface area contributed by atoms with E-state index in [-0.39, 0.29) is 5.91 Å². The maximum absolute atomic E-state index is 13.2. The highest BCUT2D eigenvalue weighted by Crippen LogP contribution is 2.29. The van der Waals surface area contributed by atoms with E-state index in [1.165, 1.54) is 0 Å². The fourth-order valence-corrected chi connectivity index (χ4v) is 3.15. The average molecular weight is 404 g/mol. The van der Waals surface area contributed by atoms with Gasteiger partial charge in [-0.2, -0.15) is 0 Å². The van der Waals surface area contributed by atoms with Crippen molar-refractivity contribution in [2.75, 3.05) is 11.5 Å². The molecular weight excluding hydrogens is 386 g/mol. The second-order valence-corrected chi connectivity index (χ2v) is 6.76. The number of carbonyl (C=O) groups is 1. The summed E-state index contributed by atoms with van der Waals surface area (Å²) in [5, 5.41) is 0.624. The van der Waals surface area contributed by atoms with Gasteiger partial charge in [0.2, 0.25) is 0 Å². The fraction of sp³-hybridized carbons (Fsp3) is 0.0870. The highest BCUT2D eigenvalue weighted by molar-refractivity contribution is 6.34. The van der Waals surface area contributed by atoms with Gasteiger partial charge in [-0.05, 0) is 79.2 Å². The van der Waals surface area contributed by atoms with Crippen LogP contribution >= 0.6 is 11.6 Å². The van der Waals surface area contributed by atoms with Crippen LogP contribution in [0.15, 0.2) is 83.7 Å². The van der Waals surface area contributed by atoms with Crippen LogP contribution in [0.25, 0.3) is 6.08 Å². The molecule has 0 unspecified atom stereocenters. The molecule has 1 aromatic heterocycles. The Morgan fingerprint density at radius 2 is 1.69 bits per heavy atom. The van der Waals surface area contributed by atoms with Crippen LogP contribution in [0, 0.1) is 0 Å². The van der Waals surface area contributed by atoms with Crippen molar-refractivity contribution >= 4 is 35.1 Å². The van der Waals surface area contributed by atoms with Gasteiger partial charge < -0.3 is 4.74 Å². The summed E-state index contributed by atoms with van der Waals surface area (Å²) >= 11 is 6.03. The predicted molar refractivity (Wildman–Crippen MR) is 115 cm³/mol. The quantitative estimate of drug-likeness (QED) is 0.565. The first-order valence-corrected chi connectivity index (χ1v) is 9.57. The van der Waals surface area contributed by atoms with E-state index >= 15 is 0 Å². The molecule has 2 aromatic carbocycles. The van der Waals surface area contributed by atoms with Crippen molar-refractivity contribution in [3.05, 3.63) is 94.9 Å². The minimum absolute atomic E-state index is 0.198. The van der Waals surface area contributed by atoms with E-state index in [1.807, 2.05) is 55.5 Å². The fourth-order valence-electron chi connectivity index (χ4n) is 3.02. The molecule has 6 heteroatoms. The summed E-state index contributed by atoms with van der Waals surface area (Å²) < 4.78 is 5.51. The lowest BCUT2D eigenvalue weighted by atomic mass is 10.1. The van der Waals surface area contributed by atoms with Crippen LogP contribution in [0.2, 0.25) is 5.02 Å². The SMILES string of the molecule is CCOc1ccc(N2C(=O)/C(=C\c3ccncc3)N=C2c2ccc(Cl)cc2)cc1. The Morgan fingerprint density at radius 3 is 2.34 bits per heavy atom. The van der Waals surface area contributed by atoms with Crippen molar-refractivity contribution in [3.8, 4) is 5.75 Å². The van der Waals surface area contributed by atoms with Crippen LogP contribution in [0.5, 0.6) is 5.75 Å². The topological polar surface area (TPSA) is 54.8 Å². The summed E-state index contributed by atoms with van der Waals surface area (Å²) in [5.41, 5.74) is 2.73. The third kappa shape index (κ3) is 4.05. The molecule has 0 atom stereocenters. The number of benzene rings is 2. The van der Waals surface area contributed by atoms with Gasteiger partial charge in [0, 0.05) is 23.0 Å². The summed E-state index contributed by atoms with van der Waals surface area (Å²) in [7, 11) is 0. The van der Waals surface area contributed by atoms with Gasteiger partial charge in [0.25, 0.3) is 5.91 Å².